The van der Waals surface area contributed by atoms with Crippen LogP contribution in [0.5, 0.6) is 0 Å². The van der Waals surface area contributed by atoms with Crippen LogP contribution in [0.3, 0.4) is 0 Å². The number of carboxylic acid groups (broad SMARTS) is 1. The summed E-state index contributed by atoms with van der Waals surface area (Å²) in [6, 6.07) is 5.55. The van der Waals surface area contributed by atoms with Gasteiger partial charge in [0.05, 0.1) is 11.3 Å². The second-order valence-electron chi connectivity index (χ2n) is 5.01. The normalized spacial score (nSPS) is 18.4. The summed E-state index contributed by atoms with van der Waals surface area (Å²) in [5.41, 5.74) is 1.21. The Morgan fingerprint density at radius 3 is 2.71 bits per heavy atom. The van der Waals surface area contributed by atoms with Gasteiger partial charge in [-0.2, -0.15) is 0 Å². The van der Waals surface area contributed by atoms with Gasteiger partial charge in [-0.05, 0) is 54.8 Å². The van der Waals surface area contributed by atoms with E-state index in [4.69, 9.17) is 0 Å². The summed E-state index contributed by atoms with van der Waals surface area (Å²) in [6.45, 7) is 5.24. The molecule has 0 saturated carbocycles. The van der Waals surface area contributed by atoms with Crippen LogP contribution in [0.4, 0.5) is 5.69 Å². The van der Waals surface area contributed by atoms with Crippen LogP contribution in [0, 0.1) is 0 Å². The quantitative estimate of drug-likeness (QED) is 0.908. The zero-order chi connectivity index (χ0) is 12.6. The second-order valence-corrected chi connectivity index (χ2v) is 5.86. The summed E-state index contributed by atoms with van der Waals surface area (Å²) < 4.78 is 0.644. The van der Waals surface area contributed by atoms with Crippen LogP contribution in [-0.4, -0.2) is 23.2 Å². The third kappa shape index (κ3) is 2.18. The van der Waals surface area contributed by atoms with Crippen LogP contribution >= 0.6 is 15.9 Å². The van der Waals surface area contributed by atoms with Gasteiger partial charge < -0.3 is 10.0 Å². The lowest BCUT2D eigenvalue weighted by molar-refractivity contribution is 0.0696. The highest BCUT2D eigenvalue weighted by molar-refractivity contribution is 9.10. The number of carboxylic acids is 1. The van der Waals surface area contributed by atoms with Gasteiger partial charge in [0.1, 0.15) is 0 Å². The minimum Gasteiger partial charge on any atom is -0.478 e. The van der Waals surface area contributed by atoms with E-state index in [9.17, 15) is 9.90 Å². The van der Waals surface area contributed by atoms with Gasteiger partial charge in [0.25, 0.3) is 0 Å². The molecule has 0 aliphatic carbocycles. The minimum atomic E-state index is -0.879. The van der Waals surface area contributed by atoms with Crippen molar-refractivity contribution in [1.82, 2.24) is 0 Å². The van der Waals surface area contributed by atoms with Crippen molar-refractivity contribution in [3.63, 3.8) is 0 Å². The van der Waals surface area contributed by atoms with Crippen LogP contribution in [-0.2, 0) is 0 Å². The Morgan fingerprint density at radius 2 is 2.18 bits per heavy atom. The van der Waals surface area contributed by atoms with Crippen LogP contribution < -0.4 is 4.90 Å². The predicted molar refractivity (Wildman–Crippen MR) is 71.8 cm³/mol. The molecule has 17 heavy (non-hydrogen) atoms. The number of aromatic carboxylic acids is 1. The molecule has 0 aromatic heterocycles. The molecule has 0 atom stereocenters. The zero-order valence-electron chi connectivity index (χ0n) is 10.0. The molecule has 3 nitrogen and oxygen atoms in total. The fourth-order valence-electron chi connectivity index (χ4n) is 2.50. The maximum atomic E-state index is 11.4. The Balaban J connectivity index is 2.52. The van der Waals surface area contributed by atoms with Gasteiger partial charge in [0.2, 0.25) is 0 Å². The number of nitrogens with zero attached hydrogens (tertiary/aromatic N) is 1. The molecule has 0 radical (unpaired) electrons. The van der Waals surface area contributed by atoms with E-state index in [0.29, 0.717) is 10.0 Å². The van der Waals surface area contributed by atoms with Crippen molar-refractivity contribution in [2.75, 3.05) is 11.4 Å². The van der Waals surface area contributed by atoms with Crippen molar-refractivity contribution in [2.45, 2.75) is 32.2 Å². The molecule has 92 valence electrons. The average Bonchev–Trinajstić information content (AvgIpc) is 2.57. The smallest absolute Gasteiger partial charge is 0.338 e. The number of rotatable bonds is 2. The van der Waals surface area contributed by atoms with Crippen molar-refractivity contribution in [3.05, 3.63) is 28.2 Å². The molecular formula is C13H16BrNO2. The lowest BCUT2D eigenvalue weighted by Gasteiger charge is -2.34. The Labute approximate surface area is 110 Å². The zero-order valence-corrected chi connectivity index (χ0v) is 11.6. The van der Waals surface area contributed by atoms with Crippen LogP contribution in [0.15, 0.2) is 22.7 Å². The number of hydrogen-bond donors (Lipinski definition) is 1. The standard InChI is InChI=1S/C13H16BrNO2/c1-13(2)7-4-8-15(13)10-6-3-5-9(14)11(10)12(16)17/h3,5-6H,4,7-8H2,1-2H3,(H,16,17). The molecule has 1 aromatic carbocycles. The Bertz CT molecular complexity index is 457. The summed E-state index contributed by atoms with van der Waals surface area (Å²) in [6.07, 6.45) is 2.21. The van der Waals surface area contributed by atoms with Gasteiger partial charge in [-0.15, -0.1) is 0 Å². The molecule has 1 heterocycles. The number of hydrogen-bond acceptors (Lipinski definition) is 2. The van der Waals surface area contributed by atoms with Crippen LogP contribution in [0.1, 0.15) is 37.0 Å². The third-order valence-electron chi connectivity index (χ3n) is 3.40. The Kier molecular flexibility index (Phi) is 3.17. The summed E-state index contributed by atoms with van der Waals surface area (Å²) in [4.78, 5) is 13.5. The van der Waals surface area contributed by atoms with Gasteiger partial charge >= 0.3 is 5.97 Å². The Hall–Kier alpha value is -1.03. The van der Waals surface area contributed by atoms with Gasteiger partial charge in [-0.25, -0.2) is 4.79 Å². The van der Waals surface area contributed by atoms with Crippen LogP contribution in [0.2, 0.25) is 0 Å². The van der Waals surface area contributed by atoms with E-state index in [-0.39, 0.29) is 5.54 Å². The van der Waals surface area contributed by atoms with Crippen molar-refractivity contribution >= 4 is 27.6 Å². The van der Waals surface area contributed by atoms with Crippen molar-refractivity contribution in [1.29, 1.82) is 0 Å². The summed E-state index contributed by atoms with van der Waals surface area (Å²) >= 11 is 3.32. The SMILES string of the molecule is CC1(C)CCCN1c1cccc(Br)c1C(=O)O. The highest BCUT2D eigenvalue weighted by atomic mass is 79.9. The number of halogens is 1. The molecule has 2 rings (SSSR count). The minimum absolute atomic E-state index is 0.0327. The molecule has 0 unspecified atom stereocenters. The fourth-order valence-corrected chi connectivity index (χ4v) is 3.03. The molecule has 1 fully saturated rings. The second kappa shape index (κ2) is 4.33. The van der Waals surface area contributed by atoms with E-state index < -0.39 is 5.97 Å². The molecule has 1 N–H and O–H groups in total. The van der Waals surface area contributed by atoms with Crippen molar-refractivity contribution in [3.8, 4) is 0 Å². The number of anilines is 1. The molecule has 1 aromatic rings. The van der Waals surface area contributed by atoms with Crippen molar-refractivity contribution in [2.24, 2.45) is 0 Å². The molecule has 4 heteroatoms. The van der Waals surface area contributed by atoms with Gasteiger partial charge in [-0.3, -0.25) is 0 Å². The lowest BCUT2D eigenvalue weighted by atomic mass is 10.0. The Morgan fingerprint density at radius 1 is 1.47 bits per heavy atom. The van der Waals surface area contributed by atoms with E-state index >= 15 is 0 Å². The molecule has 0 spiro atoms. The number of benzene rings is 1. The monoisotopic (exact) mass is 297 g/mol. The van der Waals surface area contributed by atoms with E-state index in [1.54, 1.807) is 6.07 Å². The highest BCUT2D eigenvalue weighted by Gasteiger charge is 2.34. The van der Waals surface area contributed by atoms with Gasteiger partial charge in [-0.1, -0.05) is 6.07 Å². The predicted octanol–water partition coefficient (Wildman–Crippen LogP) is 3.53. The van der Waals surface area contributed by atoms with E-state index in [1.807, 2.05) is 12.1 Å². The summed E-state index contributed by atoms with van der Waals surface area (Å²) in [5, 5.41) is 9.32. The molecule has 0 bridgehead atoms. The highest BCUT2D eigenvalue weighted by Crippen LogP contribution is 2.37. The number of carbonyl (C=O) groups is 1. The molecule has 1 aliphatic heterocycles. The maximum Gasteiger partial charge on any atom is 0.338 e. The van der Waals surface area contributed by atoms with E-state index in [0.717, 1.165) is 25.1 Å². The molecule has 0 amide bonds. The van der Waals surface area contributed by atoms with Gasteiger partial charge in [0.15, 0.2) is 0 Å². The van der Waals surface area contributed by atoms with Gasteiger partial charge in [0, 0.05) is 16.6 Å². The average molecular weight is 298 g/mol. The largest absolute Gasteiger partial charge is 0.478 e. The van der Waals surface area contributed by atoms with E-state index in [2.05, 4.69) is 34.7 Å². The molecule has 1 saturated heterocycles. The summed E-state index contributed by atoms with van der Waals surface area (Å²) in [7, 11) is 0. The van der Waals surface area contributed by atoms with E-state index in [1.165, 1.54) is 0 Å². The fraction of sp³-hybridized carbons (Fsp3) is 0.462. The lowest BCUT2D eigenvalue weighted by Crippen LogP contribution is -2.39. The maximum absolute atomic E-state index is 11.4. The topological polar surface area (TPSA) is 40.5 Å². The molecular weight excluding hydrogens is 282 g/mol. The first-order valence-corrected chi connectivity index (χ1v) is 6.52. The molecule has 1 aliphatic rings. The first-order chi connectivity index (χ1) is 7.93. The third-order valence-corrected chi connectivity index (χ3v) is 4.06. The van der Waals surface area contributed by atoms with Crippen molar-refractivity contribution < 1.29 is 9.90 Å². The first kappa shape index (κ1) is 12.4. The summed E-state index contributed by atoms with van der Waals surface area (Å²) in [5.74, 6) is -0.879. The van der Waals surface area contributed by atoms with Crippen LogP contribution in [0.25, 0.3) is 0 Å². The first-order valence-electron chi connectivity index (χ1n) is 5.73.